The Hall–Kier alpha value is -3.07. The second-order valence-electron chi connectivity index (χ2n) is 9.13. The summed E-state index contributed by atoms with van der Waals surface area (Å²) in [6.07, 6.45) is 1.29. The third-order valence-corrected chi connectivity index (χ3v) is 8.19. The van der Waals surface area contributed by atoms with E-state index in [1.54, 1.807) is 30.3 Å². The SMILES string of the molecule is CNC(=O)[C@@H](Cc1ccccc1)N(Cc1ccc(Cl)c(Cl)c1)C(=O)CN(c1ccc(C)c(C)c1)S(C)(=O)=O. The molecule has 0 unspecified atom stereocenters. The molecule has 3 aromatic carbocycles. The van der Waals surface area contributed by atoms with Crippen LogP contribution in [0.3, 0.4) is 0 Å². The van der Waals surface area contributed by atoms with Gasteiger partial charge in [0.2, 0.25) is 21.8 Å². The maximum absolute atomic E-state index is 13.9. The molecule has 0 radical (unpaired) electrons. The van der Waals surface area contributed by atoms with E-state index in [9.17, 15) is 18.0 Å². The van der Waals surface area contributed by atoms with Gasteiger partial charge in [-0.3, -0.25) is 13.9 Å². The van der Waals surface area contributed by atoms with Gasteiger partial charge in [-0.15, -0.1) is 0 Å². The van der Waals surface area contributed by atoms with Crippen molar-refractivity contribution < 1.29 is 18.0 Å². The van der Waals surface area contributed by atoms with E-state index >= 15 is 0 Å². The predicted molar refractivity (Wildman–Crippen MR) is 153 cm³/mol. The third-order valence-electron chi connectivity index (χ3n) is 6.31. The number of halogens is 2. The minimum atomic E-state index is -3.83. The lowest BCUT2D eigenvalue weighted by molar-refractivity contribution is -0.139. The van der Waals surface area contributed by atoms with Gasteiger partial charge in [0, 0.05) is 20.0 Å². The van der Waals surface area contributed by atoms with Crippen molar-refractivity contribution in [3.05, 3.63) is 99.0 Å². The van der Waals surface area contributed by atoms with Gasteiger partial charge in [0.05, 0.1) is 22.0 Å². The van der Waals surface area contributed by atoms with Crippen molar-refractivity contribution in [1.29, 1.82) is 0 Å². The Balaban J connectivity index is 2.05. The molecule has 1 atom stereocenters. The van der Waals surface area contributed by atoms with Crippen LogP contribution in [0.25, 0.3) is 0 Å². The fourth-order valence-corrected chi connectivity index (χ4v) is 5.21. The monoisotopic (exact) mass is 575 g/mol. The predicted octanol–water partition coefficient (Wildman–Crippen LogP) is 4.76. The van der Waals surface area contributed by atoms with E-state index in [2.05, 4.69) is 5.32 Å². The standard InChI is InChI=1S/C28H31Cl2N3O4S/c1-19-10-12-23(14-20(19)2)33(38(4,36)37)18-27(34)32(17-22-11-13-24(29)25(30)15-22)26(28(35)31-3)16-21-8-6-5-7-9-21/h5-15,26H,16-18H2,1-4H3,(H,31,35)/t26-/m1/s1. The second-order valence-corrected chi connectivity index (χ2v) is 11.8. The van der Waals surface area contributed by atoms with Gasteiger partial charge >= 0.3 is 0 Å². The number of carbonyl (C=O) groups is 2. The summed E-state index contributed by atoms with van der Waals surface area (Å²) < 4.78 is 26.7. The summed E-state index contributed by atoms with van der Waals surface area (Å²) in [7, 11) is -2.32. The number of anilines is 1. The summed E-state index contributed by atoms with van der Waals surface area (Å²) in [5.74, 6) is -0.913. The number of hydrogen-bond acceptors (Lipinski definition) is 4. The lowest BCUT2D eigenvalue weighted by atomic mass is 10.0. The molecule has 2 amide bonds. The molecule has 3 aromatic rings. The van der Waals surface area contributed by atoms with Gasteiger partial charge in [-0.1, -0.05) is 65.7 Å². The van der Waals surface area contributed by atoms with E-state index in [0.717, 1.165) is 27.3 Å². The molecule has 0 aliphatic carbocycles. The summed E-state index contributed by atoms with van der Waals surface area (Å²) in [5, 5.41) is 3.31. The zero-order chi connectivity index (χ0) is 28.0. The van der Waals surface area contributed by atoms with Gasteiger partial charge in [0.1, 0.15) is 12.6 Å². The van der Waals surface area contributed by atoms with E-state index in [1.165, 1.54) is 11.9 Å². The molecule has 3 rings (SSSR count). The summed E-state index contributed by atoms with van der Waals surface area (Å²) in [5.41, 5.74) is 3.76. The van der Waals surface area contributed by atoms with Gasteiger partial charge in [-0.25, -0.2) is 8.42 Å². The van der Waals surface area contributed by atoms with E-state index < -0.39 is 28.5 Å². The Morgan fingerprint density at radius 2 is 1.58 bits per heavy atom. The first-order valence-electron chi connectivity index (χ1n) is 11.9. The number of nitrogens with one attached hydrogen (secondary N) is 1. The number of amides is 2. The average molecular weight is 577 g/mol. The minimum Gasteiger partial charge on any atom is -0.357 e. The summed E-state index contributed by atoms with van der Waals surface area (Å²) in [4.78, 5) is 28.4. The fraction of sp³-hybridized carbons (Fsp3) is 0.286. The highest BCUT2D eigenvalue weighted by molar-refractivity contribution is 7.92. The molecule has 0 aromatic heterocycles. The molecule has 7 nitrogen and oxygen atoms in total. The van der Waals surface area contributed by atoms with Crippen LogP contribution in [0, 0.1) is 13.8 Å². The van der Waals surface area contributed by atoms with Crippen molar-refractivity contribution in [1.82, 2.24) is 10.2 Å². The highest BCUT2D eigenvalue weighted by atomic mass is 35.5. The number of hydrogen-bond donors (Lipinski definition) is 1. The molecule has 1 N–H and O–H groups in total. The van der Waals surface area contributed by atoms with Crippen LogP contribution in [-0.2, 0) is 32.6 Å². The van der Waals surface area contributed by atoms with Crippen LogP contribution in [0.1, 0.15) is 22.3 Å². The van der Waals surface area contributed by atoms with Crippen molar-refractivity contribution in [3.8, 4) is 0 Å². The van der Waals surface area contributed by atoms with Crippen LogP contribution < -0.4 is 9.62 Å². The molecular formula is C28H31Cl2N3O4S. The molecule has 0 saturated heterocycles. The fourth-order valence-electron chi connectivity index (χ4n) is 4.05. The van der Waals surface area contributed by atoms with Crippen molar-refractivity contribution in [2.24, 2.45) is 0 Å². The normalized spacial score (nSPS) is 12.1. The molecular weight excluding hydrogens is 545 g/mol. The minimum absolute atomic E-state index is 0.0190. The van der Waals surface area contributed by atoms with E-state index in [4.69, 9.17) is 23.2 Å². The largest absolute Gasteiger partial charge is 0.357 e. The number of sulfonamides is 1. The van der Waals surface area contributed by atoms with Crippen LogP contribution in [0.2, 0.25) is 10.0 Å². The lowest BCUT2D eigenvalue weighted by Crippen LogP contribution is -2.52. The van der Waals surface area contributed by atoms with Crippen molar-refractivity contribution >= 4 is 50.7 Å². The number of carbonyl (C=O) groups excluding carboxylic acids is 2. The number of rotatable bonds is 10. The van der Waals surface area contributed by atoms with Crippen LogP contribution in [0.4, 0.5) is 5.69 Å². The molecule has 0 spiro atoms. The van der Waals surface area contributed by atoms with Crippen molar-refractivity contribution in [2.75, 3.05) is 24.2 Å². The highest BCUT2D eigenvalue weighted by Gasteiger charge is 2.32. The Labute approximate surface area is 234 Å². The molecule has 0 aliphatic rings. The van der Waals surface area contributed by atoms with E-state index in [1.807, 2.05) is 50.2 Å². The van der Waals surface area contributed by atoms with Crippen LogP contribution in [0.15, 0.2) is 66.7 Å². The first kappa shape index (κ1) is 29.5. The van der Waals surface area contributed by atoms with Crippen molar-refractivity contribution in [2.45, 2.75) is 32.9 Å². The number of benzene rings is 3. The summed E-state index contributed by atoms with van der Waals surface area (Å²) in [6, 6.07) is 18.6. The van der Waals surface area contributed by atoms with Gasteiger partial charge in [-0.2, -0.15) is 0 Å². The average Bonchev–Trinajstić information content (AvgIpc) is 2.87. The third kappa shape index (κ3) is 7.49. The Morgan fingerprint density at radius 1 is 0.895 bits per heavy atom. The van der Waals surface area contributed by atoms with Gasteiger partial charge in [-0.05, 0) is 60.4 Å². The maximum atomic E-state index is 13.9. The first-order chi connectivity index (χ1) is 17.9. The molecule has 10 heteroatoms. The van der Waals surface area contributed by atoms with Crippen molar-refractivity contribution in [3.63, 3.8) is 0 Å². The molecule has 202 valence electrons. The number of nitrogens with zero attached hydrogens (tertiary/aromatic N) is 2. The van der Waals surface area contributed by atoms with Gasteiger partial charge in [0.15, 0.2) is 0 Å². The molecule has 0 saturated carbocycles. The quantitative estimate of drug-likeness (QED) is 0.377. The first-order valence-corrected chi connectivity index (χ1v) is 14.5. The van der Waals surface area contributed by atoms with E-state index in [-0.39, 0.29) is 18.9 Å². The lowest BCUT2D eigenvalue weighted by Gasteiger charge is -2.33. The summed E-state index contributed by atoms with van der Waals surface area (Å²) in [6.45, 7) is 3.33. The summed E-state index contributed by atoms with van der Waals surface area (Å²) >= 11 is 12.3. The topological polar surface area (TPSA) is 86.8 Å². The van der Waals surface area contributed by atoms with Gasteiger partial charge < -0.3 is 10.2 Å². The van der Waals surface area contributed by atoms with Crippen LogP contribution in [0.5, 0.6) is 0 Å². The van der Waals surface area contributed by atoms with Crippen LogP contribution >= 0.6 is 23.2 Å². The molecule has 0 fully saturated rings. The molecule has 0 aliphatic heterocycles. The number of likely N-dealkylation sites (N-methyl/N-ethyl adjacent to an activating group) is 1. The molecule has 38 heavy (non-hydrogen) atoms. The smallest absolute Gasteiger partial charge is 0.244 e. The Bertz CT molecular complexity index is 1410. The molecule has 0 bridgehead atoms. The van der Waals surface area contributed by atoms with Gasteiger partial charge in [0.25, 0.3) is 0 Å². The second kappa shape index (κ2) is 12.7. The number of aryl methyl sites for hydroxylation is 2. The Morgan fingerprint density at radius 3 is 2.16 bits per heavy atom. The zero-order valence-corrected chi connectivity index (χ0v) is 24.1. The Kier molecular flexibility index (Phi) is 9.82. The van der Waals surface area contributed by atoms with E-state index in [0.29, 0.717) is 21.3 Å². The molecule has 0 heterocycles. The van der Waals surface area contributed by atoms with Crippen LogP contribution in [-0.4, -0.2) is 51.0 Å². The maximum Gasteiger partial charge on any atom is 0.244 e. The highest BCUT2D eigenvalue weighted by Crippen LogP contribution is 2.26. The zero-order valence-electron chi connectivity index (χ0n) is 21.7.